The van der Waals surface area contributed by atoms with E-state index in [2.05, 4.69) is 35.1 Å². The summed E-state index contributed by atoms with van der Waals surface area (Å²) in [6, 6.07) is 5.04. The third-order valence-corrected chi connectivity index (χ3v) is 4.43. The van der Waals surface area contributed by atoms with E-state index >= 15 is 0 Å². The first-order chi connectivity index (χ1) is 8.08. The van der Waals surface area contributed by atoms with Gasteiger partial charge in [-0.15, -0.1) is 0 Å². The van der Waals surface area contributed by atoms with Gasteiger partial charge in [0.05, 0.1) is 0 Å². The molecule has 0 spiro atoms. The van der Waals surface area contributed by atoms with E-state index < -0.39 is 0 Å². The van der Waals surface area contributed by atoms with Crippen LogP contribution in [0.2, 0.25) is 0 Å². The molecule has 0 radical (unpaired) electrons. The van der Waals surface area contributed by atoms with Crippen molar-refractivity contribution in [3.63, 3.8) is 0 Å². The summed E-state index contributed by atoms with van der Waals surface area (Å²) in [6.45, 7) is 6.59. The van der Waals surface area contributed by atoms with E-state index in [1.165, 1.54) is 18.4 Å². The van der Waals surface area contributed by atoms with Gasteiger partial charge in [0.15, 0.2) is 0 Å². The lowest BCUT2D eigenvalue weighted by Gasteiger charge is -2.14. The van der Waals surface area contributed by atoms with Gasteiger partial charge in [-0.3, -0.25) is 0 Å². The lowest BCUT2D eigenvalue weighted by Crippen LogP contribution is -2.21. The fourth-order valence-corrected chi connectivity index (χ4v) is 3.29. The molecule has 17 heavy (non-hydrogen) atoms. The fraction of sp³-hybridized carbons (Fsp3) is 0.571. The Morgan fingerprint density at radius 1 is 1.53 bits per heavy atom. The summed E-state index contributed by atoms with van der Waals surface area (Å²) < 4.78 is 14.0. The lowest BCUT2D eigenvalue weighted by molar-refractivity contribution is 0.572. The normalized spacial score (nSPS) is 27.2. The van der Waals surface area contributed by atoms with Gasteiger partial charge < -0.3 is 5.32 Å². The standard InChI is InChI=1S/C14H19BrFN/c1-3-6-17-9-10-8-14(10,2)12-5-4-11(16)7-13(12)15/h4-5,7,10,17H,3,6,8-9H2,1-2H3. The Bertz CT molecular complexity index is 407. The molecule has 0 saturated heterocycles. The molecule has 2 unspecified atom stereocenters. The molecule has 1 aromatic rings. The van der Waals surface area contributed by atoms with Crippen molar-refractivity contribution in [2.75, 3.05) is 13.1 Å². The van der Waals surface area contributed by atoms with Crippen molar-refractivity contribution in [3.8, 4) is 0 Å². The van der Waals surface area contributed by atoms with Crippen LogP contribution in [-0.2, 0) is 5.41 Å². The molecule has 1 saturated carbocycles. The number of hydrogen-bond donors (Lipinski definition) is 1. The van der Waals surface area contributed by atoms with Gasteiger partial charge in [-0.1, -0.05) is 35.8 Å². The van der Waals surface area contributed by atoms with Crippen molar-refractivity contribution in [1.82, 2.24) is 5.32 Å². The van der Waals surface area contributed by atoms with Crippen LogP contribution in [0.1, 0.15) is 32.3 Å². The van der Waals surface area contributed by atoms with Gasteiger partial charge in [0.2, 0.25) is 0 Å². The van der Waals surface area contributed by atoms with E-state index in [0.29, 0.717) is 5.92 Å². The Kier molecular flexibility index (Phi) is 3.88. The average molecular weight is 300 g/mol. The molecule has 94 valence electrons. The van der Waals surface area contributed by atoms with E-state index in [1.54, 1.807) is 12.1 Å². The molecule has 3 heteroatoms. The largest absolute Gasteiger partial charge is 0.316 e. The van der Waals surface area contributed by atoms with Crippen LogP contribution in [0, 0.1) is 11.7 Å². The second-order valence-corrected chi connectivity index (χ2v) is 6.00. The quantitative estimate of drug-likeness (QED) is 0.814. The van der Waals surface area contributed by atoms with Gasteiger partial charge >= 0.3 is 0 Å². The third kappa shape index (κ3) is 2.71. The van der Waals surface area contributed by atoms with Gasteiger partial charge in [-0.2, -0.15) is 0 Å². The molecule has 1 aliphatic carbocycles. The molecule has 1 aromatic carbocycles. The Hall–Kier alpha value is -0.410. The lowest BCUT2D eigenvalue weighted by atomic mass is 9.95. The van der Waals surface area contributed by atoms with Crippen molar-refractivity contribution >= 4 is 15.9 Å². The van der Waals surface area contributed by atoms with Crippen LogP contribution >= 0.6 is 15.9 Å². The van der Waals surface area contributed by atoms with E-state index in [0.717, 1.165) is 17.6 Å². The summed E-state index contributed by atoms with van der Waals surface area (Å²) in [7, 11) is 0. The molecule has 0 bridgehead atoms. The first kappa shape index (κ1) is 13.0. The molecular formula is C14H19BrFN. The molecule has 0 aliphatic heterocycles. The van der Waals surface area contributed by atoms with Crippen molar-refractivity contribution < 1.29 is 4.39 Å². The molecule has 1 aliphatic rings. The van der Waals surface area contributed by atoms with Crippen LogP contribution in [0.4, 0.5) is 4.39 Å². The molecule has 0 aromatic heterocycles. The maximum Gasteiger partial charge on any atom is 0.124 e. The van der Waals surface area contributed by atoms with Crippen LogP contribution in [0.3, 0.4) is 0 Å². The summed E-state index contributed by atoms with van der Waals surface area (Å²) in [6.07, 6.45) is 2.36. The van der Waals surface area contributed by atoms with E-state index in [1.807, 2.05) is 6.07 Å². The summed E-state index contributed by atoms with van der Waals surface area (Å²) >= 11 is 3.47. The number of hydrogen-bond acceptors (Lipinski definition) is 1. The number of benzene rings is 1. The van der Waals surface area contributed by atoms with Gasteiger partial charge in [0.25, 0.3) is 0 Å². The fourth-order valence-electron chi connectivity index (χ4n) is 2.49. The summed E-state index contributed by atoms with van der Waals surface area (Å²) in [4.78, 5) is 0. The minimum atomic E-state index is -0.175. The molecule has 0 heterocycles. The third-order valence-electron chi connectivity index (χ3n) is 3.78. The number of halogens is 2. The number of nitrogens with one attached hydrogen (secondary N) is 1. The summed E-state index contributed by atoms with van der Waals surface area (Å²) in [5, 5.41) is 3.46. The second-order valence-electron chi connectivity index (χ2n) is 5.15. The van der Waals surface area contributed by atoms with Crippen LogP contribution < -0.4 is 5.32 Å². The predicted octanol–water partition coefficient (Wildman–Crippen LogP) is 3.87. The smallest absolute Gasteiger partial charge is 0.124 e. The molecule has 2 atom stereocenters. The highest BCUT2D eigenvalue weighted by molar-refractivity contribution is 9.10. The zero-order valence-electron chi connectivity index (χ0n) is 10.4. The molecule has 0 amide bonds. The molecule has 1 N–H and O–H groups in total. The Balaban J connectivity index is 2.03. The van der Waals surface area contributed by atoms with Gasteiger partial charge in [-0.25, -0.2) is 4.39 Å². The van der Waals surface area contributed by atoms with Crippen LogP contribution in [-0.4, -0.2) is 13.1 Å². The van der Waals surface area contributed by atoms with Crippen LogP contribution in [0.5, 0.6) is 0 Å². The zero-order chi connectivity index (χ0) is 12.5. The van der Waals surface area contributed by atoms with Crippen molar-refractivity contribution in [1.29, 1.82) is 0 Å². The highest BCUT2D eigenvalue weighted by Gasteiger charge is 2.51. The summed E-state index contributed by atoms with van der Waals surface area (Å²) in [5.74, 6) is 0.501. The monoisotopic (exact) mass is 299 g/mol. The van der Waals surface area contributed by atoms with E-state index in [9.17, 15) is 4.39 Å². The van der Waals surface area contributed by atoms with Gasteiger partial charge in [0.1, 0.15) is 5.82 Å². The molecule has 2 rings (SSSR count). The van der Waals surface area contributed by atoms with E-state index in [4.69, 9.17) is 0 Å². The van der Waals surface area contributed by atoms with Crippen molar-refractivity contribution in [2.45, 2.75) is 32.1 Å². The van der Waals surface area contributed by atoms with Crippen LogP contribution in [0.25, 0.3) is 0 Å². The molecular weight excluding hydrogens is 281 g/mol. The molecule has 1 nitrogen and oxygen atoms in total. The first-order valence-corrected chi connectivity index (χ1v) is 7.03. The topological polar surface area (TPSA) is 12.0 Å². The first-order valence-electron chi connectivity index (χ1n) is 6.24. The maximum absolute atomic E-state index is 13.1. The predicted molar refractivity (Wildman–Crippen MR) is 72.7 cm³/mol. The SMILES string of the molecule is CCCNCC1CC1(C)c1ccc(F)cc1Br. The van der Waals surface area contributed by atoms with Crippen LogP contribution in [0.15, 0.2) is 22.7 Å². The Morgan fingerprint density at radius 3 is 2.94 bits per heavy atom. The second kappa shape index (κ2) is 5.07. The number of rotatable bonds is 5. The minimum Gasteiger partial charge on any atom is -0.316 e. The summed E-state index contributed by atoms with van der Waals surface area (Å²) in [5.41, 5.74) is 1.45. The van der Waals surface area contributed by atoms with E-state index in [-0.39, 0.29) is 11.2 Å². The highest BCUT2D eigenvalue weighted by Crippen LogP contribution is 2.55. The van der Waals surface area contributed by atoms with Crippen molar-refractivity contribution in [2.24, 2.45) is 5.92 Å². The van der Waals surface area contributed by atoms with Gasteiger partial charge in [-0.05, 0) is 55.0 Å². The van der Waals surface area contributed by atoms with Gasteiger partial charge in [0, 0.05) is 4.47 Å². The average Bonchev–Trinajstić information content (AvgIpc) is 2.90. The maximum atomic E-state index is 13.1. The Morgan fingerprint density at radius 2 is 2.29 bits per heavy atom. The molecule has 1 fully saturated rings. The zero-order valence-corrected chi connectivity index (χ0v) is 12.0. The Labute approximate surface area is 111 Å². The highest BCUT2D eigenvalue weighted by atomic mass is 79.9. The van der Waals surface area contributed by atoms with Crippen molar-refractivity contribution in [3.05, 3.63) is 34.1 Å². The minimum absolute atomic E-state index is 0.175.